The van der Waals surface area contributed by atoms with Crippen LogP contribution in [0.15, 0.2) is 18.2 Å². The minimum absolute atomic E-state index is 0.0143. The number of rotatable bonds is 7. The van der Waals surface area contributed by atoms with Crippen molar-refractivity contribution in [3.63, 3.8) is 0 Å². The van der Waals surface area contributed by atoms with Crippen molar-refractivity contribution in [2.45, 2.75) is 25.3 Å². The van der Waals surface area contributed by atoms with E-state index in [1.807, 2.05) is 0 Å². The topological polar surface area (TPSA) is 58.2 Å². The molecule has 0 amide bonds. The maximum atomic E-state index is 12.8. The zero-order chi connectivity index (χ0) is 13.9. The van der Waals surface area contributed by atoms with Crippen molar-refractivity contribution in [3.8, 4) is 0 Å². The molecule has 1 aromatic rings. The summed E-state index contributed by atoms with van der Waals surface area (Å²) in [4.78, 5) is 0. The standard InChI is InChI=1S/C12H16ClFN2O2S/c13-11-8-9(14)2-5-12(11)16-19(17,18)7-1-6-15-10-3-4-10/h2,5,8,10,15-16H,1,3-4,6-7H2. The molecule has 2 N–H and O–H groups in total. The second kappa shape index (κ2) is 6.07. The normalized spacial score (nSPS) is 15.5. The van der Waals surface area contributed by atoms with Crippen LogP contribution in [0, 0.1) is 5.82 Å². The largest absolute Gasteiger partial charge is 0.314 e. The number of anilines is 1. The van der Waals surface area contributed by atoms with Crippen LogP contribution in [0.5, 0.6) is 0 Å². The van der Waals surface area contributed by atoms with E-state index >= 15 is 0 Å². The van der Waals surface area contributed by atoms with Gasteiger partial charge in [-0.05, 0) is 44.0 Å². The Morgan fingerprint density at radius 2 is 2.11 bits per heavy atom. The van der Waals surface area contributed by atoms with Crippen molar-refractivity contribution in [2.75, 3.05) is 17.0 Å². The Balaban J connectivity index is 1.84. The molecule has 0 atom stereocenters. The first-order chi connectivity index (χ1) is 8.96. The van der Waals surface area contributed by atoms with Gasteiger partial charge in [-0.2, -0.15) is 0 Å². The SMILES string of the molecule is O=S(=O)(CCCNC1CC1)Nc1ccc(F)cc1Cl. The molecule has 0 unspecified atom stereocenters. The maximum Gasteiger partial charge on any atom is 0.232 e. The molecule has 0 aliphatic heterocycles. The second-order valence-corrected chi connectivity index (χ2v) is 6.88. The van der Waals surface area contributed by atoms with Crippen LogP contribution in [-0.2, 0) is 10.0 Å². The fraction of sp³-hybridized carbons (Fsp3) is 0.500. The third kappa shape index (κ3) is 4.97. The summed E-state index contributed by atoms with van der Waals surface area (Å²) in [5.74, 6) is -0.484. The quantitative estimate of drug-likeness (QED) is 0.760. The fourth-order valence-electron chi connectivity index (χ4n) is 1.65. The third-order valence-corrected chi connectivity index (χ3v) is 4.47. The van der Waals surface area contributed by atoms with Gasteiger partial charge in [-0.15, -0.1) is 0 Å². The van der Waals surface area contributed by atoms with Gasteiger partial charge in [0.1, 0.15) is 5.82 Å². The zero-order valence-corrected chi connectivity index (χ0v) is 11.9. The Kier molecular flexibility index (Phi) is 4.65. The van der Waals surface area contributed by atoms with Crippen LogP contribution >= 0.6 is 11.6 Å². The van der Waals surface area contributed by atoms with Crippen LogP contribution in [0.3, 0.4) is 0 Å². The lowest BCUT2D eigenvalue weighted by Crippen LogP contribution is -2.23. The number of halogens is 2. The van der Waals surface area contributed by atoms with Gasteiger partial charge in [-0.25, -0.2) is 12.8 Å². The highest BCUT2D eigenvalue weighted by atomic mass is 35.5. The van der Waals surface area contributed by atoms with Crippen molar-refractivity contribution < 1.29 is 12.8 Å². The number of sulfonamides is 1. The average molecular weight is 307 g/mol. The predicted octanol–water partition coefficient (Wildman–Crippen LogP) is 2.36. The molecule has 0 bridgehead atoms. The number of hydrogen-bond acceptors (Lipinski definition) is 3. The third-order valence-electron chi connectivity index (χ3n) is 2.80. The van der Waals surface area contributed by atoms with Gasteiger partial charge < -0.3 is 5.32 Å². The minimum Gasteiger partial charge on any atom is -0.314 e. The molecule has 1 aliphatic carbocycles. The summed E-state index contributed by atoms with van der Waals surface area (Å²) in [6, 6.07) is 4.13. The van der Waals surface area contributed by atoms with Gasteiger partial charge in [0.05, 0.1) is 16.5 Å². The van der Waals surface area contributed by atoms with Gasteiger partial charge in [0.25, 0.3) is 0 Å². The molecule has 0 aromatic heterocycles. The van der Waals surface area contributed by atoms with Gasteiger partial charge >= 0.3 is 0 Å². The lowest BCUT2D eigenvalue weighted by molar-refractivity contribution is 0.593. The van der Waals surface area contributed by atoms with Gasteiger partial charge in [-0.1, -0.05) is 11.6 Å². The van der Waals surface area contributed by atoms with Crippen molar-refractivity contribution >= 4 is 27.3 Å². The van der Waals surface area contributed by atoms with E-state index in [1.54, 1.807) is 0 Å². The van der Waals surface area contributed by atoms with E-state index in [9.17, 15) is 12.8 Å². The molecule has 4 nitrogen and oxygen atoms in total. The first-order valence-electron chi connectivity index (χ1n) is 6.15. The highest BCUT2D eigenvalue weighted by molar-refractivity contribution is 7.92. The van der Waals surface area contributed by atoms with Crippen LogP contribution in [0.2, 0.25) is 5.02 Å². The fourth-order valence-corrected chi connectivity index (χ4v) is 3.06. The zero-order valence-electron chi connectivity index (χ0n) is 10.3. The summed E-state index contributed by atoms with van der Waals surface area (Å²) < 4.78 is 38.8. The Labute approximate surface area is 117 Å². The van der Waals surface area contributed by atoms with Crippen LogP contribution in [0.4, 0.5) is 10.1 Å². The summed E-state index contributed by atoms with van der Waals surface area (Å²) in [7, 11) is -3.44. The molecular weight excluding hydrogens is 291 g/mol. The monoisotopic (exact) mass is 306 g/mol. The Bertz CT molecular complexity index is 547. The molecule has 7 heteroatoms. The lowest BCUT2D eigenvalue weighted by atomic mass is 10.3. The summed E-state index contributed by atoms with van der Waals surface area (Å²) in [5, 5.41) is 3.30. The van der Waals surface area contributed by atoms with Gasteiger partial charge in [0.2, 0.25) is 10.0 Å². The summed E-state index contributed by atoms with van der Waals surface area (Å²) >= 11 is 5.77. The van der Waals surface area contributed by atoms with Gasteiger partial charge in [0, 0.05) is 6.04 Å². The Morgan fingerprint density at radius 3 is 2.74 bits per heavy atom. The molecule has 106 valence electrons. The minimum atomic E-state index is -3.44. The summed E-state index contributed by atoms with van der Waals surface area (Å²) in [6.07, 6.45) is 2.89. The number of hydrogen-bond donors (Lipinski definition) is 2. The average Bonchev–Trinajstić information content (AvgIpc) is 3.12. The molecule has 0 heterocycles. The molecule has 2 rings (SSSR count). The van der Waals surface area contributed by atoms with Crippen molar-refractivity contribution in [2.24, 2.45) is 0 Å². The molecule has 0 radical (unpaired) electrons. The van der Waals surface area contributed by atoms with Crippen molar-refractivity contribution in [1.29, 1.82) is 0 Å². The maximum absolute atomic E-state index is 12.8. The Morgan fingerprint density at radius 1 is 1.37 bits per heavy atom. The van der Waals surface area contributed by atoms with Gasteiger partial charge in [-0.3, -0.25) is 4.72 Å². The molecule has 19 heavy (non-hydrogen) atoms. The molecule has 1 aliphatic rings. The molecule has 1 aromatic carbocycles. The summed E-state index contributed by atoms with van der Waals surface area (Å²) in [5.41, 5.74) is 0.207. The van der Waals surface area contributed by atoms with Crippen molar-refractivity contribution in [3.05, 3.63) is 29.0 Å². The number of benzene rings is 1. The molecule has 0 spiro atoms. The van der Waals surface area contributed by atoms with Crippen LogP contribution in [-0.4, -0.2) is 26.8 Å². The highest BCUT2D eigenvalue weighted by Gasteiger charge is 2.20. The van der Waals surface area contributed by atoms with Crippen LogP contribution in [0.1, 0.15) is 19.3 Å². The first kappa shape index (κ1) is 14.6. The smallest absolute Gasteiger partial charge is 0.232 e. The Hall–Kier alpha value is -0.850. The van der Waals surface area contributed by atoms with E-state index in [1.165, 1.54) is 25.0 Å². The molecule has 0 saturated heterocycles. The lowest BCUT2D eigenvalue weighted by Gasteiger charge is -2.09. The van der Waals surface area contributed by atoms with Gasteiger partial charge in [0.15, 0.2) is 0 Å². The van der Waals surface area contributed by atoms with E-state index in [-0.39, 0.29) is 16.5 Å². The first-order valence-corrected chi connectivity index (χ1v) is 8.18. The number of nitrogens with one attached hydrogen (secondary N) is 2. The van der Waals surface area contributed by atoms with Crippen molar-refractivity contribution in [1.82, 2.24) is 5.32 Å². The predicted molar refractivity (Wildman–Crippen MR) is 74.5 cm³/mol. The highest BCUT2D eigenvalue weighted by Crippen LogP contribution is 2.23. The molecule has 1 saturated carbocycles. The van der Waals surface area contributed by atoms with E-state index < -0.39 is 15.8 Å². The van der Waals surface area contributed by atoms with E-state index in [0.717, 1.165) is 6.07 Å². The molecular formula is C12H16ClFN2O2S. The second-order valence-electron chi connectivity index (χ2n) is 4.63. The molecule has 1 fully saturated rings. The van der Waals surface area contributed by atoms with E-state index in [4.69, 9.17) is 11.6 Å². The summed E-state index contributed by atoms with van der Waals surface area (Å²) in [6.45, 7) is 0.683. The van der Waals surface area contributed by atoms with Crippen LogP contribution in [0.25, 0.3) is 0 Å². The van der Waals surface area contributed by atoms with E-state index in [2.05, 4.69) is 10.0 Å². The van der Waals surface area contributed by atoms with Crippen LogP contribution < -0.4 is 10.0 Å². The van der Waals surface area contributed by atoms with E-state index in [0.29, 0.717) is 19.0 Å².